The van der Waals surface area contributed by atoms with Crippen LogP contribution in [0, 0.1) is 0 Å². The van der Waals surface area contributed by atoms with E-state index in [0.717, 1.165) is 0 Å². The van der Waals surface area contributed by atoms with Gasteiger partial charge >= 0.3 is 0 Å². The summed E-state index contributed by atoms with van der Waals surface area (Å²) in [5.41, 5.74) is 6.63. The zero-order valence-electron chi connectivity index (χ0n) is 10.7. The normalized spacial score (nSPS) is 16.9. The fourth-order valence-electron chi connectivity index (χ4n) is 2.29. The second-order valence-corrected chi connectivity index (χ2v) is 4.84. The number of nitrogen functional groups attached to an aromatic ring is 1. The van der Waals surface area contributed by atoms with E-state index < -0.39 is 24.6 Å². The number of hydrogen-bond donors (Lipinski definition) is 2. The summed E-state index contributed by atoms with van der Waals surface area (Å²) in [5, 5.41) is 3.19. The van der Waals surface area contributed by atoms with Crippen molar-refractivity contribution in [3.05, 3.63) is 28.6 Å². The van der Waals surface area contributed by atoms with E-state index in [9.17, 15) is 13.6 Å². The van der Waals surface area contributed by atoms with Gasteiger partial charge in [-0.15, -0.1) is 0 Å². The quantitative estimate of drug-likeness (QED) is 0.719. The highest BCUT2D eigenvalue weighted by Gasteiger charge is 2.34. The average molecular weight is 281 g/mol. The lowest BCUT2D eigenvalue weighted by atomic mass is 10.1. The molecule has 7 heteroatoms. The van der Waals surface area contributed by atoms with Crippen LogP contribution in [0.4, 0.5) is 20.2 Å². The number of anilines is 2. The van der Waals surface area contributed by atoms with Gasteiger partial charge in [-0.2, -0.15) is 0 Å². The number of nitrogens with one attached hydrogen (secondary N) is 1. The summed E-state index contributed by atoms with van der Waals surface area (Å²) in [5.74, 6) is -3.13. The molecule has 0 radical (unpaired) electrons. The number of rotatable bonds is 0. The molecule has 0 saturated heterocycles. The van der Waals surface area contributed by atoms with Gasteiger partial charge in [-0.05, 0) is 18.2 Å². The smallest absolute Gasteiger partial charge is 0.298 e. The van der Waals surface area contributed by atoms with E-state index in [0.29, 0.717) is 16.6 Å². The number of aryl methyl sites for hydroxylation is 1. The predicted octanol–water partition coefficient (Wildman–Crippen LogP) is 1.56. The third kappa shape index (κ3) is 1.86. The maximum absolute atomic E-state index is 13.4. The first-order valence-corrected chi connectivity index (χ1v) is 6.06. The molecule has 0 bridgehead atoms. The van der Waals surface area contributed by atoms with Gasteiger partial charge in [0.2, 0.25) is 5.75 Å². The molecule has 0 unspecified atom stereocenters. The molecule has 3 N–H and O–H groups in total. The maximum Gasteiger partial charge on any atom is 0.298 e. The number of ether oxygens (including phenoxy) is 1. The van der Waals surface area contributed by atoms with Crippen LogP contribution in [-0.4, -0.2) is 23.6 Å². The van der Waals surface area contributed by atoms with Crippen molar-refractivity contribution in [1.29, 1.82) is 0 Å². The van der Waals surface area contributed by atoms with Crippen LogP contribution >= 0.6 is 0 Å². The predicted molar refractivity (Wildman–Crippen MR) is 72.5 cm³/mol. The number of nitrogens with two attached hydrogens (primary N) is 1. The lowest BCUT2D eigenvalue weighted by Crippen LogP contribution is -2.31. The molecule has 20 heavy (non-hydrogen) atoms. The van der Waals surface area contributed by atoms with Crippen LogP contribution in [0.3, 0.4) is 0 Å². The van der Waals surface area contributed by atoms with Crippen LogP contribution in [0.5, 0.6) is 5.75 Å². The van der Waals surface area contributed by atoms with Crippen molar-refractivity contribution in [3.8, 4) is 5.75 Å². The van der Waals surface area contributed by atoms with Crippen LogP contribution in [-0.2, 0) is 7.05 Å². The van der Waals surface area contributed by atoms with E-state index in [1.807, 2.05) is 0 Å². The number of fused-ring (bicyclic) bond motifs is 3. The van der Waals surface area contributed by atoms with E-state index in [1.54, 1.807) is 25.2 Å². The number of halogens is 2. The molecule has 0 aliphatic carbocycles. The topological polar surface area (TPSA) is 69.3 Å². The fraction of sp³-hybridized carbons (Fsp3) is 0.308. The first-order chi connectivity index (χ1) is 9.39. The number of nitrogens with zero attached hydrogens (tertiary/aromatic N) is 1. The number of hydrogen-bond acceptors (Lipinski definition) is 4. The third-order valence-electron chi connectivity index (χ3n) is 3.33. The Morgan fingerprint density at radius 3 is 2.95 bits per heavy atom. The van der Waals surface area contributed by atoms with Gasteiger partial charge in [0, 0.05) is 18.1 Å². The molecule has 1 aromatic heterocycles. The van der Waals surface area contributed by atoms with E-state index in [-0.39, 0.29) is 11.4 Å². The molecular weight excluding hydrogens is 268 g/mol. The molecule has 0 saturated carbocycles. The Labute approximate surface area is 112 Å². The minimum absolute atomic E-state index is 0.0947. The lowest BCUT2D eigenvalue weighted by Gasteiger charge is -2.14. The van der Waals surface area contributed by atoms with Crippen molar-refractivity contribution >= 4 is 22.3 Å². The largest absolute Gasteiger partial charge is 0.480 e. The Morgan fingerprint density at radius 2 is 2.20 bits per heavy atom. The number of alkyl halides is 2. The van der Waals surface area contributed by atoms with Crippen molar-refractivity contribution in [2.45, 2.75) is 5.92 Å². The van der Waals surface area contributed by atoms with Crippen LogP contribution in [0.15, 0.2) is 23.0 Å². The van der Waals surface area contributed by atoms with Crippen molar-refractivity contribution in [2.75, 3.05) is 24.2 Å². The second kappa shape index (κ2) is 4.09. The van der Waals surface area contributed by atoms with Gasteiger partial charge in [0.15, 0.2) is 6.61 Å². The minimum Gasteiger partial charge on any atom is -0.480 e. The Morgan fingerprint density at radius 1 is 1.45 bits per heavy atom. The molecule has 3 rings (SSSR count). The summed E-state index contributed by atoms with van der Waals surface area (Å²) < 4.78 is 33.2. The van der Waals surface area contributed by atoms with Crippen LogP contribution in [0.1, 0.15) is 0 Å². The summed E-state index contributed by atoms with van der Waals surface area (Å²) in [7, 11) is 1.56. The van der Waals surface area contributed by atoms with Gasteiger partial charge in [-0.3, -0.25) is 4.79 Å². The lowest BCUT2D eigenvalue weighted by molar-refractivity contribution is -0.0251. The Hall–Kier alpha value is -2.31. The molecule has 0 fully saturated rings. The Kier molecular flexibility index (Phi) is 2.60. The molecule has 0 amide bonds. The van der Waals surface area contributed by atoms with Crippen LogP contribution in [0.2, 0.25) is 0 Å². The molecular formula is C13H13F2N3O2. The average Bonchev–Trinajstić information content (AvgIpc) is 2.55. The molecule has 0 spiro atoms. The Balaban J connectivity index is 2.34. The van der Waals surface area contributed by atoms with Crippen molar-refractivity contribution in [2.24, 2.45) is 7.05 Å². The van der Waals surface area contributed by atoms with E-state index in [2.05, 4.69) is 5.32 Å². The summed E-state index contributed by atoms with van der Waals surface area (Å²) in [6, 6.07) is 4.96. The van der Waals surface area contributed by atoms with Gasteiger partial charge in [0.05, 0.1) is 17.7 Å². The maximum atomic E-state index is 13.4. The highest BCUT2D eigenvalue weighted by atomic mass is 19.3. The van der Waals surface area contributed by atoms with E-state index >= 15 is 0 Å². The van der Waals surface area contributed by atoms with Gasteiger partial charge in [-0.1, -0.05) is 0 Å². The number of pyridine rings is 1. The minimum atomic E-state index is -3.03. The van der Waals surface area contributed by atoms with Gasteiger partial charge in [0.25, 0.3) is 11.5 Å². The third-order valence-corrected chi connectivity index (χ3v) is 3.33. The zero-order valence-corrected chi connectivity index (χ0v) is 10.7. The monoisotopic (exact) mass is 281 g/mol. The van der Waals surface area contributed by atoms with Gasteiger partial charge in [0.1, 0.15) is 0 Å². The van der Waals surface area contributed by atoms with Crippen LogP contribution in [0.25, 0.3) is 10.9 Å². The van der Waals surface area contributed by atoms with Crippen molar-refractivity contribution < 1.29 is 13.5 Å². The van der Waals surface area contributed by atoms with Crippen LogP contribution < -0.4 is 21.3 Å². The summed E-state index contributed by atoms with van der Waals surface area (Å²) in [6.45, 7) is -1.41. The molecule has 1 aliphatic heterocycles. The highest BCUT2D eigenvalue weighted by molar-refractivity contribution is 5.96. The molecule has 1 aromatic carbocycles. The first kappa shape index (κ1) is 12.7. The zero-order chi connectivity index (χ0) is 14.5. The molecule has 5 nitrogen and oxygen atoms in total. The molecule has 2 aromatic rings. The second-order valence-electron chi connectivity index (χ2n) is 4.84. The molecule has 0 atom stereocenters. The van der Waals surface area contributed by atoms with Gasteiger partial charge < -0.3 is 20.4 Å². The van der Waals surface area contributed by atoms with E-state index in [1.165, 1.54) is 4.57 Å². The Bertz CT molecular complexity index is 755. The van der Waals surface area contributed by atoms with Crippen molar-refractivity contribution in [3.63, 3.8) is 0 Å². The highest BCUT2D eigenvalue weighted by Crippen LogP contribution is 2.34. The molecule has 1 aliphatic rings. The van der Waals surface area contributed by atoms with E-state index in [4.69, 9.17) is 10.5 Å². The first-order valence-electron chi connectivity index (χ1n) is 6.06. The standard InChI is InChI=1S/C13H13F2N3O2/c1-18-9-3-2-7(16)4-8(9)10-11(12(18)19)20-6-13(14,15)5-17-10/h2-4,17H,5-6,16H2,1H3. The summed E-state index contributed by atoms with van der Waals surface area (Å²) >= 11 is 0. The molecule has 2 heterocycles. The molecule has 106 valence electrons. The van der Waals surface area contributed by atoms with Gasteiger partial charge in [-0.25, -0.2) is 8.78 Å². The number of benzene rings is 1. The summed E-state index contributed by atoms with van der Waals surface area (Å²) in [6.07, 6.45) is 0. The SMILES string of the molecule is Cn1c(=O)c2c(c3cc(N)ccc31)NCC(F)(F)CO2. The van der Waals surface area contributed by atoms with Crippen molar-refractivity contribution in [1.82, 2.24) is 4.57 Å². The fourth-order valence-corrected chi connectivity index (χ4v) is 2.29. The number of aromatic nitrogens is 1. The summed E-state index contributed by atoms with van der Waals surface area (Å²) in [4.78, 5) is 12.2.